The molecule has 0 atom stereocenters. The number of thioether (sulfide) groups is 1. The van der Waals surface area contributed by atoms with Crippen molar-refractivity contribution >= 4 is 17.5 Å². The Kier molecular flexibility index (Phi) is 4.59. The molecular formula is C16H16OS. The molecule has 0 aliphatic carbocycles. The van der Waals surface area contributed by atoms with Crippen LogP contribution in [0.4, 0.5) is 0 Å². The molecule has 1 nitrogen and oxygen atoms in total. The van der Waals surface area contributed by atoms with Crippen molar-refractivity contribution in [1.82, 2.24) is 0 Å². The largest absolute Gasteiger partial charge is 0.294 e. The van der Waals surface area contributed by atoms with E-state index in [4.69, 9.17) is 0 Å². The normalized spacial score (nSPS) is 10.3. The van der Waals surface area contributed by atoms with Crippen molar-refractivity contribution in [2.75, 3.05) is 6.26 Å². The van der Waals surface area contributed by atoms with E-state index in [9.17, 15) is 4.79 Å². The van der Waals surface area contributed by atoms with Gasteiger partial charge in [-0.2, -0.15) is 0 Å². The predicted molar refractivity (Wildman–Crippen MR) is 77.3 cm³/mol. The summed E-state index contributed by atoms with van der Waals surface area (Å²) in [4.78, 5) is 13.2. The Labute approximate surface area is 112 Å². The van der Waals surface area contributed by atoms with Gasteiger partial charge in [-0.3, -0.25) is 4.79 Å². The first-order chi connectivity index (χ1) is 8.79. The van der Waals surface area contributed by atoms with Crippen molar-refractivity contribution in [3.8, 4) is 0 Å². The summed E-state index contributed by atoms with van der Waals surface area (Å²) in [6, 6.07) is 18.0. The molecule has 0 aliphatic heterocycles. The number of carbonyl (C=O) groups excluding carboxylic acids is 1. The zero-order chi connectivity index (χ0) is 12.8. The molecule has 2 rings (SSSR count). The zero-order valence-corrected chi connectivity index (χ0v) is 11.2. The molecule has 0 N–H and O–H groups in total. The van der Waals surface area contributed by atoms with Gasteiger partial charge in [-0.05, 0) is 30.4 Å². The summed E-state index contributed by atoms with van der Waals surface area (Å²) in [7, 11) is 0. The van der Waals surface area contributed by atoms with Crippen LogP contribution in [0.2, 0.25) is 0 Å². The van der Waals surface area contributed by atoms with Crippen LogP contribution in [-0.4, -0.2) is 12.0 Å². The van der Waals surface area contributed by atoms with E-state index in [1.54, 1.807) is 11.8 Å². The highest BCUT2D eigenvalue weighted by Crippen LogP contribution is 2.16. The summed E-state index contributed by atoms with van der Waals surface area (Å²) in [5.41, 5.74) is 2.02. The smallest absolute Gasteiger partial charge is 0.163 e. The Balaban J connectivity index is 1.95. The number of Topliss-reactive ketones (excluding diaryl/α,β-unsaturated/α-hetero) is 1. The lowest BCUT2D eigenvalue weighted by Gasteiger charge is -2.03. The Bertz CT molecular complexity index is 502. The van der Waals surface area contributed by atoms with Crippen molar-refractivity contribution in [1.29, 1.82) is 0 Å². The minimum atomic E-state index is 0.214. The second-order valence-corrected chi connectivity index (χ2v) is 5.02. The number of benzene rings is 2. The molecule has 0 bridgehead atoms. The van der Waals surface area contributed by atoms with Crippen LogP contribution < -0.4 is 0 Å². The molecule has 0 spiro atoms. The Hall–Kier alpha value is -1.54. The SMILES string of the molecule is CSc1ccc(C(=O)CCc2ccccc2)cc1. The first-order valence-electron chi connectivity index (χ1n) is 6.01. The minimum absolute atomic E-state index is 0.214. The molecule has 0 unspecified atom stereocenters. The van der Waals surface area contributed by atoms with Gasteiger partial charge in [-0.1, -0.05) is 42.5 Å². The highest BCUT2D eigenvalue weighted by molar-refractivity contribution is 7.98. The third-order valence-electron chi connectivity index (χ3n) is 2.90. The van der Waals surface area contributed by atoms with Crippen LogP contribution in [-0.2, 0) is 6.42 Å². The number of ketones is 1. The van der Waals surface area contributed by atoms with Crippen LogP contribution in [0.15, 0.2) is 59.5 Å². The maximum absolute atomic E-state index is 12.0. The van der Waals surface area contributed by atoms with Crippen LogP contribution in [0.5, 0.6) is 0 Å². The molecule has 2 heteroatoms. The van der Waals surface area contributed by atoms with E-state index in [0.717, 1.165) is 12.0 Å². The molecule has 0 fully saturated rings. The second-order valence-electron chi connectivity index (χ2n) is 4.14. The fourth-order valence-electron chi connectivity index (χ4n) is 1.82. The molecule has 92 valence electrons. The molecule has 0 saturated heterocycles. The van der Waals surface area contributed by atoms with Gasteiger partial charge in [-0.15, -0.1) is 11.8 Å². The molecule has 0 heterocycles. The molecule has 2 aromatic carbocycles. The van der Waals surface area contributed by atoms with E-state index in [0.29, 0.717) is 6.42 Å². The summed E-state index contributed by atoms with van der Waals surface area (Å²) < 4.78 is 0. The van der Waals surface area contributed by atoms with Crippen molar-refractivity contribution in [2.24, 2.45) is 0 Å². The topological polar surface area (TPSA) is 17.1 Å². The van der Waals surface area contributed by atoms with Crippen molar-refractivity contribution in [3.63, 3.8) is 0 Å². The maximum atomic E-state index is 12.0. The summed E-state index contributed by atoms with van der Waals surface area (Å²) >= 11 is 1.69. The Morgan fingerprint density at radius 1 is 1.00 bits per heavy atom. The molecule has 0 aliphatic rings. The Morgan fingerprint density at radius 2 is 1.67 bits per heavy atom. The summed E-state index contributed by atoms with van der Waals surface area (Å²) in [6.45, 7) is 0. The van der Waals surface area contributed by atoms with Crippen molar-refractivity contribution in [2.45, 2.75) is 17.7 Å². The van der Waals surface area contributed by atoms with Crippen LogP contribution >= 0.6 is 11.8 Å². The van der Waals surface area contributed by atoms with E-state index in [2.05, 4.69) is 12.1 Å². The standard InChI is InChI=1S/C16H16OS/c1-18-15-10-8-14(9-11-15)16(17)12-7-13-5-3-2-4-6-13/h2-6,8-11H,7,12H2,1H3. The molecule has 0 radical (unpaired) electrons. The number of hydrogen-bond acceptors (Lipinski definition) is 2. The first kappa shape index (κ1) is 12.9. The highest BCUT2D eigenvalue weighted by Gasteiger charge is 2.05. The van der Waals surface area contributed by atoms with Gasteiger partial charge < -0.3 is 0 Å². The summed E-state index contributed by atoms with van der Waals surface area (Å²) in [6.07, 6.45) is 3.42. The average Bonchev–Trinajstić information content (AvgIpc) is 2.46. The molecule has 0 amide bonds. The molecule has 0 aromatic heterocycles. The van der Waals surface area contributed by atoms with Gasteiger partial charge in [0.2, 0.25) is 0 Å². The van der Waals surface area contributed by atoms with Gasteiger partial charge in [-0.25, -0.2) is 0 Å². The maximum Gasteiger partial charge on any atom is 0.163 e. The van der Waals surface area contributed by atoms with Gasteiger partial charge in [0.05, 0.1) is 0 Å². The van der Waals surface area contributed by atoms with Gasteiger partial charge >= 0.3 is 0 Å². The predicted octanol–water partition coefficient (Wildman–Crippen LogP) is 4.22. The number of carbonyl (C=O) groups is 1. The lowest BCUT2D eigenvalue weighted by atomic mass is 10.0. The second kappa shape index (κ2) is 6.41. The van der Waals surface area contributed by atoms with Gasteiger partial charge in [0, 0.05) is 16.9 Å². The fourth-order valence-corrected chi connectivity index (χ4v) is 2.23. The monoisotopic (exact) mass is 256 g/mol. The lowest BCUT2D eigenvalue weighted by Crippen LogP contribution is -2.00. The molecule has 0 saturated carbocycles. The average molecular weight is 256 g/mol. The van der Waals surface area contributed by atoms with E-state index < -0.39 is 0 Å². The van der Waals surface area contributed by atoms with Crippen LogP contribution in [0.25, 0.3) is 0 Å². The first-order valence-corrected chi connectivity index (χ1v) is 7.23. The van der Waals surface area contributed by atoms with Crippen LogP contribution in [0.3, 0.4) is 0 Å². The van der Waals surface area contributed by atoms with Gasteiger partial charge in [0.1, 0.15) is 0 Å². The van der Waals surface area contributed by atoms with Crippen LogP contribution in [0.1, 0.15) is 22.3 Å². The molecule has 2 aromatic rings. The quantitative estimate of drug-likeness (QED) is 0.588. The van der Waals surface area contributed by atoms with Crippen molar-refractivity contribution in [3.05, 3.63) is 65.7 Å². The van der Waals surface area contributed by atoms with E-state index >= 15 is 0 Å². The summed E-state index contributed by atoms with van der Waals surface area (Å²) in [5, 5.41) is 0. The number of rotatable bonds is 5. The molecular weight excluding hydrogens is 240 g/mol. The fraction of sp³-hybridized carbons (Fsp3) is 0.188. The third kappa shape index (κ3) is 3.47. The highest BCUT2D eigenvalue weighted by atomic mass is 32.2. The number of hydrogen-bond donors (Lipinski definition) is 0. The van der Waals surface area contributed by atoms with Crippen molar-refractivity contribution < 1.29 is 4.79 Å². The van der Waals surface area contributed by atoms with Gasteiger partial charge in [0.15, 0.2) is 5.78 Å². The summed E-state index contributed by atoms with van der Waals surface area (Å²) in [5.74, 6) is 0.214. The van der Waals surface area contributed by atoms with Gasteiger partial charge in [0.25, 0.3) is 0 Å². The van der Waals surface area contributed by atoms with E-state index in [1.807, 2.05) is 48.7 Å². The van der Waals surface area contributed by atoms with E-state index in [1.165, 1.54) is 10.5 Å². The third-order valence-corrected chi connectivity index (χ3v) is 3.64. The molecule has 18 heavy (non-hydrogen) atoms. The lowest BCUT2D eigenvalue weighted by molar-refractivity contribution is 0.0983. The number of aryl methyl sites for hydroxylation is 1. The minimum Gasteiger partial charge on any atom is -0.294 e. The van der Waals surface area contributed by atoms with Crippen LogP contribution in [0, 0.1) is 0 Å². The zero-order valence-electron chi connectivity index (χ0n) is 10.4. The Morgan fingerprint density at radius 3 is 2.28 bits per heavy atom. The van der Waals surface area contributed by atoms with E-state index in [-0.39, 0.29) is 5.78 Å².